The number of rotatable bonds is 5. The van der Waals surface area contributed by atoms with Crippen LogP contribution in [-0.4, -0.2) is 16.9 Å². The molecule has 2 aromatic rings. The zero-order valence-corrected chi connectivity index (χ0v) is 19.2. The number of hydrogen-bond acceptors (Lipinski definition) is 2. The number of halogens is 2. The van der Waals surface area contributed by atoms with E-state index >= 15 is 8.78 Å². The minimum Gasteiger partial charge on any atom is -0.508 e. The van der Waals surface area contributed by atoms with Gasteiger partial charge in [-0.3, -0.25) is 4.79 Å². The maximum absolute atomic E-state index is 15.4. The Labute approximate surface area is 194 Å². The number of aromatic hydroxyl groups is 1. The second-order valence-corrected chi connectivity index (χ2v) is 10.6. The first-order chi connectivity index (χ1) is 15.8. The fraction of sp³-hybridized carbons (Fsp3) is 0.536. The maximum Gasteiger partial charge on any atom is 0.253 e. The third-order valence-electron chi connectivity index (χ3n) is 8.90. The van der Waals surface area contributed by atoms with E-state index in [0.717, 1.165) is 24.8 Å². The van der Waals surface area contributed by atoms with Gasteiger partial charge in [-0.1, -0.05) is 43.3 Å². The molecule has 5 rings (SSSR count). The molecule has 0 aliphatic heterocycles. The lowest BCUT2D eigenvalue weighted by molar-refractivity contribution is -0.133. The summed E-state index contributed by atoms with van der Waals surface area (Å²) in [4.78, 5) is 12.5. The largest absolute Gasteiger partial charge is 0.508 e. The predicted octanol–water partition coefficient (Wildman–Crippen LogP) is 6.21. The van der Waals surface area contributed by atoms with E-state index < -0.39 is 11.3 Å². The number of alkyl halides is 2. The number of aryl methyl sites for hydroxylation is 1. The van der Waals surface area contributed by atoms with Crippen LogP contribution in [0.1, 0.15) is 68.1 Å². The van der Waals surface area contributed by atoms with Gasteiger partial charge in [0.1, 0.15) is 5.75 Å². The van der Waals surface area contributed by atoms with Gasteiger partial charge >= 0.3 is 0 Å². The lowest BCUT2D eigenvalue weighted by atomic mass is 9.53. The summed E-state index contributed by atoms with van der Waals surface area (Å²) in [7, 11) is 0. The van der Waals surface area contributed by atoms with E-state index in [1.807, 2.05) is 42.5 Å². The topological polar surface area (TPSA) is 49.3 Å². The Morgan fingerprint density at radius 2 is 1.94 bits per heavy atom. The van der Waals surface area contributed by atoms with Crippen molar-refractivity contribution in [3.63, 3.8) is 0 Å². The first kappa shape index (κ1) is 22.4. The molecule has 0 aromatic heterocycles. The number of carbonyl (C=O) groups is 1. The summed E-state index contributed by atoms with van der Waals surface area (Å²) in [6, 6.07) is 15.3. The van der Waals surface area contributed by atoms with Crippen molar-refractivity contribution in [2.45, 2.75) is 70.3 Å². The van der Waals surface area contributed by atoms with Gasteiger partial charge in [-0.15, -0.1) is 0 Å². The lowest BCUT2D eigenvalue weighted by Gasteiger charge is -2.51. The minimum atomic E-state index is -2.69. The highest BCUT2D eigenvalue weighted by Crippen LogP contribution is 2.68. The molecule has 2 fully saturated rings. The van der Waals surface area contributed by atoms with Crippen LogP contribution in [0, 0.1) is 23.2 Å². The quantitative estimate of drug-likeness (QED) is 0.566. The Hall–Kier alpha value is -2.43. The number of nitrogens with one attached hydrogen (secondary N) is 1. The fourth-order valence-corrected chi connectivity index (χ4v) is 7.29. The molecule has 3 nitrogen and oxygen atoms in total. The van der Waals surface area contributed by atoms with Crippen LogP contribution >= 0.6 is 0 Å². The number of benzene rings is 2. The summed E-state index contributed by atoms with van der Waals surface area (Å²) in [6.07, 6.45) is 3.70. The van der Waals surface area contributed by atoms with E-state index in [2.05, 4.69) is 5.32 Å². The van der Waals surface area contributed by atoms with Crippen LogP contribution in [0.25, 0.3) is 0 Å². The molecule has 0 spiro atoms. The van der Waals surface area contributed by atoms with Crippen LogP contribution in [0.3, 0.4) is 0 Å². The van der Waals surface area contributed by atoms with Gasteiger partial charge in [-0.25, -0.2) is 8.78 Å². The van der Waals surface area contributed by atoms with Crippen LogP contribution in [0.5, 0.6) is 5.75 Å². The van der Waals surface area contributed by atoms with Crippen LogP contribution in [0.15, 0.2) is 48.5 Å². The van der Waals surface area contributed by atoms with E-state index in [1.165, 1.54) is 11.1 Å². The van der Waals surface area contributed by atoms with Crippen molar-refractivity contribution in [3.8, 4) is 5.75 Å². The van der Waals surface area contributed by atoms with Gasteiger partial charge in [0.25, 0.3) is 5.92 Å². The first-order valence-corrected chi connectivity index (χ1v) is 12.3. The molecule has 0 saturated heterocycles. The normalized spacial score (nSPS) is 31.8. The molecular weight excluding hydrogens is 420 g/mol. The second kappa shape index (κ2) is 8.41. The first-order valence-electron chi connectivity index (χ1n) is 12.3. The highest BCUT2D eigenvalue weighted by molar-refractivity contribution is 5.75. The molecule has 0 radical (unpaired) electrons. The number of amides is 1. The smallest absolute Gasteiger partial charge is 0.253 e. The van der Waals surface area contributed by atoms with Crippen molar-refractivity contribution in [3.05, 3.63) is 65.2 Å². The summed E-state index contributed by atoms with van der Waals surface area (Å²) in [5, 5.41) is 12.8. The highest BCUT2D eigenvalue weighted by Gasteiger charge is 2.67. The summed E-state index contributed by atoms with van der Waals surface area (Å²) < 4.78 is 30.8. The summed E-state index contributed by atoms with van der Waals surface area (Å²) in [5.41, 5.74) is 2.45. The molecule has 176 valence electrons. The molecule has 2 N–H and O–H groups in total. The third kappa shape index (κ3) is 3.94. The van der Waals surface area contributed by atoms with Crippen molar-refractivity contribution in [1.82, 2.24) is 5.32 Å². The third-order valence-corrected chi connectivity index (χ3v) is 8.90. The van der Waals surface area contributed by atoms with Crippen molar-refractivity contribution in [1.29, 1.82) is 0 Å². The van der Waals surface area contributed by atoms with E-state index in [4.69, 9.17) is 0 Å². The zero-order chi connectivity index (χ0) is 23.2. The summed E-state index contributed by atoms with van der Waals surface area (Å²) in [5.74, 6) is -2.20. The van der Waals surface area contributed by atoms with Crippen LogP contribution in [-0.2, 0) is 17.8 Å². The highest BCUT2D eigenvalue weighted by atomic mass is 19.3. The van der Waals surface area contributed by atoms with E-state index in [0.29, 0.717) is 25.8 Å². The molecule has 1 amide bonds. The summed E-state index contributed by atoms with van der Waals surface area (Å²) >= 11 is 0. The Morgan fingerprint density at radius 3 is 2.73 bits per heavy atom. The van der Waals surface area contributed by atoms with E-state index in [1.54, 1.807) is 13.0 Å². The van der Waals surface area contributed by atoms with Crippen molar-refractivity contribution < 1.29 is 18.7 Å². The van der Waals surface area contributed by atoms with Crippen LogP contribution in [0.2, 0.25) is 0 Å². The second-order valence-electron chi connectivity index (χ2n) is 10.6. The average Bonchev–Trinajstić information content (AvgIpc) is 3.01. The van der Waals surface area contributed by atoms with Crippen molar-refractivity contribution in [2.75, 3.05) is 0 Å². The Bertz CT molecular complexity index is 1020. The Balaban J connectivity index is 1.31. The van der Waals surface area contributed by atoms with Gasteiger partial charge < -0.3 is 10.4 Å². The van der Waals surface area contributed by atoms with Gasteiger partial charge in [0.15, 0.2) is 0 Å². The lowest BCUT2D eigenvalue weighted by Crippen LogP contribution is -2.47. The van der Waals surface area contributed by atoms with Gasteiger partial charge in [-0.2, -0.15) is 0 Å². The SMILES string of the molecule is C[C@]12CCC3c4ccc(O)cc4CCC3C1[C@H](CCC(=O)NCc1ccccc1)CC2(F)F. The molecule has 3 aliphatic rings. The number of hydrogen-bond donors (Lipinski definition) is 2. The minimum absolute atomic E-state index is 0.0624. The number of phenols is 1. The molecule has 0 bridgehead atoms. The number of carbonyl (C=O) groups excluding carboxylic acids is 1. The zero-order valence-electron chi connectivity index (χ0n) is 19.2. The van der Waals surface area contributed by atoms with Gasteiger partial charge in [-0.05, 0) is 84.6 Å². The fourth-order valence-electron chi connectivity index (χ4n) is 7.29. The van der Waals surface area contributed by atoms with Crippen molar-refractivity contribution >= 4 is 5.91 Å². The molecule has 5 heteroatoms. The summed E-state index contributed by atoms with van der Waals surface area (Å²) in [6.45, 7) is 2.27. The molecule has 33 heavy (non-hydrogen) atoms. The Kier molecular flexibility index (Phi) is 5.70. The molecule has 2 aromatic carbocycles. The predicted molar refractivity (Wildman–Crippen MR) is 124 cm³/mol. The van der Waals surface area contributed by atoms with Crippen molar-refractivity contribution in [2.24, 2.45) is 23.2 Å². The standard InChI is InChI=1S/C28H33F2NO2/c1-27-14-13-23-22-11-9-21(32)15-19(22)7-10-24(23)26(27)20(16-28(27,29)30)8-12-25(33)31-17-18-5-3-2-4-6-18/h2-6,9,11,15,20,23-24,26,32H,7-8,10,12-14,16-17H2,1H3,(H,31,33)/t20-,23?,24?,26?,27+/m1/s1. The van der Waals surface area contributed by atoms with Gasteiger partial charge in [0.2, 0.25) is 5.91 Å². The van der Waals surface area contributed by atoms with E-state index in [-0.39, 0.29) is 41.7 Å². The van der Waals surface area contributed by atoms with Crippen LogP contribution in [0.4, 0.5) is 8.78 Å². The molecular formula is C28H33F2NO2. The van der Waals surface area contributed by atoms with Gasteiger partial charge in [0.05, 0.1) is 0 Å². The van der Waals surface area contributed by atoms with Gasteiger partial charge in [0, 0.05) is 24.8 Å². The molecule has 2 saturated carbocycles. The molecule has 3 unspecified atom stereocenters. The average molecular weight is 454 g/mol. The monoisotopic (exact) mass is 453 g/mol. The van der Waals surface area contributed by atoms with Crippen LogP contribution < -0.4 is 5.32 Å². The number of fused-ring (bicyclic) bond motifs is 5. The number of phenolic OH excluding ortho intramolecular Hbond substituents is 1. The molecule has 0 heterocycles. The molecule has 3 aliphatic carbocycles. The Morgan fingerprint density at radius 1 is 1.15 bits per heavy atom. The van der Waals surface area contributed by atoms with E-state index in [9.17, 15) is 9.90 Å². The molecule has 5 atom stereocenters. The maximum atomic E-state index is 15.4.